The van der Waals surface area contributed by atoms with E-state index in [1.165, 1.54) is 39.1 Å². The molecule has 0 saturated heterocycles. The summed E-state index contributed by atoms with van der Waals surface area (Å²) in [5, 5.41) is 2.19. The molecule has 3 aromatic carbocycles. The fraction of sp³-hybridized carbons (Fsp3) is 0.269. The second-order valence-corrected chi connectivity index (χ2v) is 10.7. The molecule has 1 N–H and O–H groups in total. The number of amides is 1. The van der Waals surface area contributed by atoms with Crippen molar-refractivity contribution in [3.63, 3.8) is 0 Å². The Balaban J connectivity index is 0.000000459. The molecule has 0 bridgehead atoms. The van der Waals surface area contributed by atoms with Crippen LogP contribution in [0.15, 0.2) is 65.6 Å². The number of hydrogen-bond acceptors (Lipinski definition) is 4. The average molecular weight is 575 g/mol. The molecule has 1 aliphatic heterocycles. The van der Waals surface area contributed by atoms with Gasteiger partial charge in [0, 0.05) is 12.6 Å². The van der Waals surface area contributed by atoms with E-state index >= 15 is 0 Å². The zero-order chi connectivity index (χ0) is 29.2. The topological polar surface area (TPSA) is 75.7 Å². The number of fused-ring (bicyclic) bond motifs is 1. The molecule has 13 heteroatoms. The third kappa shape index (κ3) is 6.83. The zero-order valence-electron chi connectivity index (χ0n) is 20.9. The van der Waals surface area contributed by atoms with Gasteiger partial charge < -0.3 is 10.1 Å². The van der Waals surface area contributed by atoms with E-state index in [1.54, 1.807) is 0 Å². The molecule has 0 atom stereocenters. The van der Waals surface area contributed by atoms with Crippen LogP contribution < -0.4 is 14.4 Å². The van der Waals surface area contributed by atoms with Gasteiger partial charge in [-0.2, -0.15) is 13.2 Å². The average Bonchev–Trinajstić information content (AvgIpc) is 2.88. The highest BCUT2D eigenvalue weighted by atomic mass is 32.2. The third-order valence-corrected chi connectivity index (χ3v) is 7.34. The van der Waals surface area contributed by atoms with Crippen molar-refractivity contribution in [1.29, 1.82) is 0 Å². The van der Waals surface area contributed by atoms with Crippen molar-refractivity contribution in [3.05, 3.63) is 77.9 Å². The maximum absolute atomic E-state index is 14.2. The van der Waals surface area contributed by atoms with Gasteiger partial charge in [0.25, 0.3) is 15.9 Å². The summed E-state index contributed by atoms with van der Waals surface area (Å²) in [4.78, 5) is 9.80. The molecule has 6 nitrogen and oxygen atoms in total. The van der Waals surface area contributed by atoms with Gasteiger partial charge in [0.2, 0.25) is 0 Å². The van der Waals surface area contributed by atoms with Crippen molar-refractivity contribution in [1.82, 2.24) is 5.32 Å². The molecule has 0 fully saturated rings. The van der Waals surface area contributed by atoms with Crippen LogP contribution in [0, 0.1) is 11.6 Å². The van der Waals surface area contributed by atoms with Crippen molar-refractivity contribution >= 4 is 21.6 Å². The number of ether oxygens (including phenoxy) is 1. The largest absolute Gasteiger partial charge is 0.489 e. The van der Waals surface area contributed by atoms with Gasteiger partial charge in [0.1, 0.15) is 24.0 Å². The molecule has 1 heterocycles. The highest BCUT2D eigenvalue weighted by Crippen LogP contribution is 2.40. The van der Waals surface area contributed by atoms with E-state index in [0.717, 1.165) is 40.7 Å². The number of carbonyl (C=O) groups excluding carboxylic acids is 1. The lowest BCUT2D eigenvalue weighted by Crippen LogP contribution is -2.38. The van der Waals surface area contributed by atoms with Crippen LogP contribution in [-0.4, -0.2) is 40.2 Å². The van der Waals surface area contributed by atoms with Crippen LogP contribution in [0.1, 0.15) is 19.4 Å². The van der Waals surface area contributed by atoms with E-state index in [4.69, 9.17) is 4.74 Å². The molecular weight excluding hydrogens is 550 g/mol. The number of hydrogen-bond donors (Lipinski definition) is 1. The molecule has 1 aliphatic rings. The van der Waals surface area contributed by atoms with E-state index < -0.39 is 49.9 Å². The summed E-state index contributed by atoms with van der Waals surface area (Å²) in [7, 11) is -2.98. The van der Waals surface area contributed by atoms with Gasteiger partial charge in [-0.25, -0.2) is 21.6 Å². The van der Waals surface area contributed by atoms with Gasteiger partial charge in [0.05, 0.1) is 22.7 Å². The van der Waals surface area contributed by atoms with Crippen LogP contribution in [0.5, 0.6) is 5.75 Å². The summed E-state index contributed by atoms with van der Waals surface area (Å²) in [6.07, 6.45) is -4.71. The third-order valence-electron chi connectivity index (χ3n) is 5.54. The second-order valence-electron chi connectivity index (χ2n) is 8.81. The van der Waals surface area contributed by atoms with Gasteiger partial charge in [-0.05, 0) is 67.9 Å². The number of rotatable bonds is 4. The maximum Gasteiger partial charge on any atom is 0.416 e. The lowest BCUT2D eigenvalue weighted by atomic mass is 10.0. The fourth-order valence-electron chi connectivity index (χ4n) is 3.59. The number of benzene rings is 3. The first kappa shape index (κ1) is 29.8. The molecular formula is C26H24F6N2O4S. The van der Waals surface area contributed by atoms with Gasteiger partial charge in [-0.15, -0.1) is 0 Å². The van der Waals surface area contributed by atoms with Crippen molar-refractivity contribution in [3.8, 4) is 16.9 Å². The summed E-state index contributed by atoms with van der Waals surface area (Å²) in [6, 6.07) is 10.4. The van der Waals surface area contributed by atoms with Crippen LogP contribution in [0.3, 0.4) is 0 Å². The van der Waals surface area contributed by atoms with Crippen molar-refractivity contribution < 1.29 is 44.3 Å². The number of sulfonamides is 1. The van der Waals surface area contributed by atoms with Crippen LogP contribution >= 0.6 is 0 Å². The van der Waals surface area contributed by atoms with E-state index in [-0.39, 0.29) is 35.7 Å². The molecule has 210 valence electrons. The van der Waals surface area contributed by atoms with Crippen LogP contribution in [0.2, 0.25) is 0 Å². The predicted octanol–water partition coefficient (Wildman–Crippen LogP) is 5.72. The van der Waals surface area contributed by atoms with E-state index in [1.807, 2.05) is 0 Å². The van der Waals surface area contributed by atoms with Gasteiger partial charge in [-0.3, -0.25) is 9.10 Å². The molecule has 0 spiro atoms. The Labute approximate surface area is 221 Å². The highest BCUT2D eigenvalue weighted by molar-refractivity contribution is 7.92. The molecule has 3 aromatic rings. The molecule has 1 amide bonds. The maximum atomic E-state index is 14.2. The van der Waals surface area contributed by atoms with Gasteiger partial charge >= 0.3 is 6.18 Å². The summed E-state index contributed by atoms with van der Waals surface area (Å²) in [5.41, 5.74) is -2.73. The Kier molecular flexibility index (Phi) is 8.53. The number of alkyl halides is 4. The smallest absolute Gasteiger partial charge is 0.416 e. The number of carbonyl (C=O) groups is 1. The first-order chi connectivity index (χ1) is 18.1. The van der Waals surface area contributed by atoms with E-state index in [9.17, 15) is 39.6 Å². The SMILES string of the molecule is CNC(=O)C(C)(C)F.O=S(=O)(c1cccc(C(F)(F)F)c1)N1CCOc2ccc(-c3cc(F)ccc3F)cc21. The first-order valence-electron chi connectivity index (χ1n) is 11.4. The minimum Gasteiger partial charge on any atom is -0.489 e. The van der Waals surface area contributed by atoms with Gasteiger partial charge in [-0.1, -0.05) is 12.1 Å². The van der Waals surface area contributed by atoms with Crippen LogP contribution in [0.4, 0.5) is 32.0 Å². The molecule has 0 saturated carbocycles. The number of halogens is 6. The fourth-order valence-corrected chi connectivity index (χ4v) is 5.08. The van der Waals surface area contributed by atoms with Crippen molar-refractivity contribution in [2.45, 2.75) is 30.6 Å². The standard InChI is InChI=1S/C21H14F5NO3S.C5H10FNO/c22-15-5-6-18(23)17(12-15)13-4-7-20-19(10-13)27(8-9-30-20)31(28,29)16-3-1-2-14(11-16)21(24,25)26;1-5(2,6)4(8)7-3/h1-7,10-12H,8-9H2;1-3H3,(H,7,8). The quantitative estimate of drug-likeness (QED) is 0.405. The summed E-state index contributed by atoms with van der Waals surface area (Å²) in [6.45, 7) is 2.23. The van der Waals surface area contributed by atoms with E-state index in [2.05, 4.69) is 5.32 Å². The number of nitrogens with zero attached hydrogens (tertiary/aromatic N) is 1. The van der Waals surface area contributed by atoms with Crippen molar-refractivity contribution in [2.24, 2.45) is 0 Å². The molecule has 0 aromatic heterocycles. The Morgan fingerprint density at radius 2 is 1.67 bits per heavy atom. The Hall–Kier alpha value is -3.74. The summed E-state index contributed by atoms with van der Waals surface area (Å²) >= 11 is 0. The lowest BCUT2D eigenvalue weighted by Gasteiger charge is -2.31. The lowest BCUT2D eigenvalue weighted by molar-refractivity contribution is -0.137. The molecule has 4 rings (SSSR count). The molecule has 0 aliphatic carbocycles. The minimum absolute atomic E-state index is 0.0184. The summed E-state index contributed by atoms with van der Waals surface area (Å²) in [5.74, 6) is -1.83. The number of anilines is 1. The van der Waals surface area contributed by atoms with Gasteiger partial charge in [0.15, 0.2) is 5.67 Å². The van der Waals surface area contributed by atoms with Crippen LogP contribution in [0.25, 0.3) is 11.1 Å². The van der Waals surface area contributed by atoms with Crippen LogP contribution in [-0.2, 0) is 21.0 Å². The minimum atomic E-state index is -4.71. The van der Waals surface area contributed by atoms with E-state index in [0.29, 0.717) is 6.07 Å². The first-order valence-corrected chi connectivity index (χ1v) is 12.8. The Bertz CT molecular complexity index is 1470. The molecule has 39 heavy (non-hydrogen) atoms. The number of nitrogens with one attached hydrogen (secondary N) is 1. The highest BCUT2D eigenvalue weighted by Gasteiger charge is 2.35. The van der Waals surface area contributed by atoms with Crippen molar-refractivity contribution in [2.75, 3.05) is 24.5 Å². The Morgan fingerprint density at radius 1 is 0.974 bits per heavy atom. The predicted molar refractivity (Wildman–Crippen MR) is 133 cm³/mol. The normalized spacial score (nSPS) is 13.5. The molecule has 0 radical (unpaired) electrons. The monoisotopic (exact) mass is 574 g/mol. The zero-order valence-corrected chi connectivity index (χ0v) is 21.8. The Morgan fingerprint density at radius 3 is 2.26 bits per heavy atom. The molecule has 0 unspecified atom stereocenters. The second kappa shape index (κ2) is 11.2. The summed E-state index contributed by atoms with van der Waals surface area (Å²) < 4.78 is 112.